The molecule has 0 saturated carbocycles. The quantitative estimate of drug-likeness (QED) is 0.702. The Morgan fingerprint density at radius 1 is 1.36 bits per heavy atom. The van der Waals surface area contributed by atoms with Crippen molar-refractivity contribution < 1.29 is 14.6 Å². The molecule has 3 heteroatoms. The van der Waals surface area contributed by atoms with Gasteiger partial charge in [-0.3, -0.25) is 0 Å². The molecule has 0 radical (unpaired) electrons. The number of phenols is 1. The Balaban J connectivity index is 0.000000500. The molecule has 1 aromatic carbocycles. The zero-order valence-electron chi connectivity index (χ0n) is 8.78. The van der Waals surface area contributed by atoms with Crippen LogP contribution in [0.25, 0.3) is 0 Å². The zero-order valence-corrected chi connectivity index (χ0v) is 8.78. The number of rotatable bonds is 1. The molecular weight excluding hydrogens is 180 g/mol. The summed E-state index contributed by atoms with van der Waals surface area (Å²) in [5, 5.41) is 9.11. The highest BCUT2D eigenvalue weighted by atomic mass is 16.5. The van der Waals surface area contributed by atoms with Crippen LogP contribution in [0.2, 0.25) is 0 Å². The van der Waals surface area contributed by atoms with Gasteiger partial charge in [-0.2, -0.15) is 0 Å². The predicted octanol–water partition coefficient (Wildman–Crippen LogP) is 2.60. The number of ether oxygens (including phenoxy) is 1. The lowest BCUT2D eigenvalue weighted by atomic mass is 10.2. The van der Waals surface area contributed by atoms with Gasteiger partial charge < -0.3 is 9.84 Å². The number of methoxy groups -OCH3 is 1. The predicted molar refractivity (Wildman–Crippen MR) is 55.4 cm³/mol. The van der Waals surface area contributed by atoms with Crippen molar-refractivity contribution in [3.8, 4) is 5.75 Å². The molecule has 1 N–H and O–H groups in total. The number of aromatic hydroxyl groups is 1. The van der Waals surface area contributed by atoms with E-state index in [1.54, 1.807) is 12.1 Å². The molecular formula is C11H16O3. The van der Waals surface area contributed by atoms with Gasteiger partial charge in [0.2, 0.25) is 0 Å². The first-order valence-electron chi connectivity index (χ1n) is 4.53. The summed E-state index contributed by atoms with van der Waals surface area (Å²) in [4.78, 5) is 10.9. The van der Waals surface area contributed by atoms with Gasteiger partial charge in [-0.1, -0.05) is 32.4 Å². The topological polar surface area (TPSA) is 46.5 Å². The minimum Gasteiger partial charge on any atom is -0.507 e. The third-order valence-corrected chi connectivity index (χ3v) is 1.31. The molecule has 14 heavy (non-hydrogen) atoms. The second-order valence-corrected chi connectivity index (χ2v) is 2.72. The van der Waals surface area contributed by atoms with Crippen LogP contribution in [-0.2, 0) is 4.74 Å². The monoisotopic (exact) mass is 196 g/mol. The van der Waals surface area contributed by atoms with Crippen LogP contribution in [0.5, 0.6) is 5.75 Å². The summed E-state index contributed by atoms with van der Waals surface area (Å²) in [5.41, 5.74) is 0.190. The Labute approximate surface area is 84.3 Å². The molecule has 0 atom stereocenters. The smallest absolute Gasteiger partial charge is 0.341 e. The van der Waals surface area contributed by atoms with Crippen molar-refractivity contribution in [3.63, 3.8) is 0 Å². The highest BCUT2D eigenvalue weighted by Gasteiger charge is 2.08. The molecule has 0 aromatic heterocycles. The number of carbonyl (C=O) groups is 1. The molecule has 0 heterocycles. The molecule has 3 nitrogen and oxygen atoms in total. The van der Waals surface area contributed by atoms with Crippen molar-refractivity contribution in [2.45, 2.75) is 20.3 Å². The number of para-hydroxylation sites is 1. The van der Waals surface area contributed by atoms with Gasteiger partial charge in [0.15, 0.2) is 0 Å². The van der Waals surface area contributed by atoms with Gasteiger partial charge in [-0.15, -0.1) is 0 Å². The second kappa shape index (κ2) is 6.95. The molecule has 0 aliphatic heterocycles. The molecule has 1 aromatic rings. The molecule has 0 aliphatic rings. The van der Waals surface area contributed by atoms with E-state index in [9.17, 15) is 4.79 Å². The summed E-state index contributed by atoms with van der Waals surface area (Å²) in [6.45, 7) is 4.25. The van der Waals surface area contributed by atoms with Crippen LogP contribution in [0.15, 0.2) is 24.3 Å². The fourth-order valence-electron chi connectivity index (χ4n) is 0.756. The minimum absolute atomic E-state index is 0.0562. The lowest BCUT2D eigenvalue weighted by molar-refractivity contribution is 0.0597. The SMILES string of the molecule is CCC.COC(=O)c1ccccc1O. The van der Waals surface area contributed by atoms with Crippen LogP contribution >= 0.6 is 0 Å². The Morgan fingerprint density at radius 2 is 1.86 bits per heavy atom. The third kappa shape index (κ3) is 3.94. The molecule has 0 amide bonds. The number of phenolic OH excluding ortho intramolecular Hbond substituents is 1. The van der Waals surface area contributed by atoms with E-state index in [-0.39, 0.29) is 11.3 Å². The van der Waals surface area contributed by atoms with Crippen molar-refractivity contribution in [2.75, 3.05) is 7.11 Å². The number of hydrogen-bond donors (Lipinski definition) is 1. The number of esters is 1. The maximum Gasteiger partial charge on any atom is 0.341 e. The van der Waals surface area contributed by atoms with E-state index in [0.29, 0.717) is 0 Å². The van der Waals surface area contributed by atoms with Crippen molar-refractivity contribution in [2.24, 2.45) is 0 Å². The van der Waals surface area contributed by atoms with Crippen molar-refractivity contribution >= 4 is 5.97 Å². The van der Waals surface area contributed by atoms with Crippen molar-refractivity contribution in [1.82, 2.24) is 0 Å². The van der Waals surface area contributed by atoms with Crippen molar-refractivity contribution in [3.05, 3.63) is 29.8 Å². The number of hydrogen-bond acceptors (Lipinski definition) is 3. The first-order valence-corrected chi connectivity index (χ1v) is 4.53. The average Bonchev–Trinajstić information content (AvgIpc) is 2.19. The maximum atomic E-state index is 10.9. The number of benzene rings is 1. The lowest BCUT2D eigenvalue weighted by Gasteiger charge is -1.99. The Hall–Kier alpha value is -1.51. The van der Waals surface area contributed by atoms with E-state index < -0.39 is 5.97 Å². The summed E-state index contributed by atoms with van der Waals surface area (Å²) in [6, 6.07) is 6.24. The standard InChI is InChI=1S/C8H8O3.C3H8/c1-11-8(10)6-4-2-3-5-7(6)9;1-3-2/h2-5,9H,1H3;3H2,1-2H3. The molecule has 0 fully saturated rings. The summed E-state index contributed by atoms with van der Waals surface area (Å²) < 4.78 is 4.42. The molecule has 0 unspecified atom stereocenters. The van der Waals surface area contributed by atoms with E-state index >= 15 is 0 Å². The second-order valence-electron chi connectivity index (χ2n) is 2.72. The van der Waals surface area contributed by atoms with Crippen LogP contribution in [0, 0.1) is 0 Å². The van der Waals surface area contributed by atoms with Gasteiger partial charge >= 0.3 is 5.97 Å². The van der Waals surface area contributed by atoms with Gasteiger partial charge in [-0.05, 0) is 12.1 Å². The fraction of sp³-hybridized carbons (Fsp3) is 0.364. The average molecular weight is 196 g/mol. The van der Waals surface area contributed by atoms with E-state index in [2.05, 4.69) is 18.6 Å². The summed E-state index contributed by atoms with van der Waals surface area (Å²) >= 11 is 0. The first kappa shape index (κ1) is 12.5. The highest BCUT2D eigenvalue weighted by molar-refractivity contribution is 5.92. The summed E-state index contributed by atoms with van der Waals surface area (Å²) in [6.07, 6.45) is 1.25. The molecule has 78 valence electrons. The van der Waals surface area contributed by atoms with E-state index in [1.807, 2.05) is 0 Å². The Morgan fingerprint density at radius 3 is 2.29 bits per heavy atom. The Kier molecular flexibility index (Phi) is 6.20. The molecule has 1 rings (SSSR count). The van der Waals surface area contributed by atoms with Gasteiger partial charge in [0.05, 0.1) is 7.11 Å². The van der Waals surface area contributed by atoms with Crippen LogP contribution in [0.3, 0.4) is 0 Å². The molecule has 0 bridgehead atoms. The minimum atomic E-state index is -0.525. The van der Waals surface area contributed by atoms with Crippen LogP contribution in [0.1, 0.15) is 30.6 Å². The summed E-state index contributed by atoms with van der Waals surface area (Å²) in [7, 11) is 1.27. The van der Waals surface area contributed by atoms with E-state index in [0.717, 1.165) is 0 Å². The van der Waals surface area contributed by atoms with Crippen molar-refractivity contribution in [1.29, 1.82) is 0 Å². The van der Waals surface area contributed by atoms with Crippen LogP contribution < -0.4 is 0 Å². The largest absolute Gasteiger partial charge is 0.507 e. The highest BCUT2D eigenvalue weighted by Crippen LogP contribution is 2.15. The van der Waals surface area contributed by atoms with E-state index in [1.165, 1.54) is 25.7 Å². The maximum absolute atomic E-state index is 10.9. The molecule has 0 spiro atoms. The molecule has 0 saturated heterocycles. The van der Waals surface area contributed by atoms with Gasteiger partial charge in [0.25, 0.3) is 0 Å². The lowest BCUT2D eigenvalue weighted by Crippen LogP contribution is -2.00. The fourth-order valence-corrected chi connectivity index (χ4v) is 0.756. The van der Waals surface area contributed by atoms with Gasteiger partial charge in [-0.25, -0.2) is 4.79 Å². The van der Waals surface area contributed by atoms with Crippen LogP contribution in [-0.4, -0.2) is 18.2 Å². The van der Waals surface area contributed by atoms with Crippen LogP contribution in [0.4, 0.5) is 0 Å². The third-order valence-electron chi connectivity index (χ3n) is 1.31. The normalized spacial score (nSPS) is 8.50. The zero-order chi connectivity index (χ0) is 11.0. The van der Waals surface area contributed by atoms with Gasteiger partial charge in [0.1, 0.15) is 11.3 Å². The summed E-state index contributed by atoms with van der Waals surface area (Å²) in [5.74, 6) is -0.581. The molecule has 0 aliphatic carbocycles. The Bertz CT molecular complexity index is 282. The van der Waals surface area contributed by atoms with E-state index in [4.69, 9.17) is 5.11 Å². The van der Waals surface area contributed by atoms with Gasteiger partial charge in [0, 0.05) is 0 Å². The first-order chi connectivity index (χ1) is 6.67. The number of carbonyl (C=O) groups excluding carboxylic acids is 1.